The Bertz CT molecular complexity index is 907. The van der Waals surface area contributed by atoms with Gasteiger partial charge in [0.2, 0.25) is 5.13 Å². The normalized spacial score (nSPS) is 11.7. The summed E-state index contributed by atoms with van der Waals surface area (Å²) in [6.07, 6.45) is 1.11. The number of aryl methyl sites for hydroxylation is 1. The van der Waals surface area contributed by atoms with Crippen LogP contribution in [-0.4, -0.2) is 16.2 Å². The molecule has 0 radical (unpaired) electrons. The fourth-order valence-electron chi connectivity index (χ4n) is 2.53. The van der Waals surface area contributed by atoms with Crippen molar-refractivity contribution in [1.29, 1.82) is 0 Å². The van der Waals surface area contributed by atoms with Crippen molar-refractivity contribution in [1.82, 2.24) is 10.2 Å². The zero-order chi connectivity index (χ0) is 19.9. The van der Waals surface area contributed by atoms with E-state index in [1.54, 1.807) is 0 Å². The summed E-state index contributed by atoms with van der Waals surface area (Å²) in [4.78, 5) is 12.1. The second-order valence-corrected chi connectivity index (χ2v) is 7.68. The van der Waals surface area contributed by atoms with Crippen molar-refractivity contribution in [3.8, 4) is 5.75 Å². The Hall–Kier alpha value is -2.93. The Morgan fingerprint density at radius 2 is 1.79 bits per heavy atom. The first kappa shape index (κ1) is 19.8. The number of carbonyl (C=O) groups is 1. The standard InChI is InChI=1S/C21H24N4O2S/c1-4-15(3)16-7-11-18(12-8-16)27-13-19-24-25-21(28-19)23-20(26)22-17-9-5-14(2)6-10-17/h5-12,15H,4,13H2,1-3H3,(H2,22,23,25,26)/t15-/m1/s1. The molecular formula is C21H24N4O2S. The van der Waals surface area contributed by atoms with E-state index in [4.69, 9.17) is 4.74 Å². The number of nitrogens with zero attached hydrogens (tertiary/aromatic N) is 2. The molecule has 0 unspecified atom stereocenters. The third-order valence-corrected chi connectivity index (χ3v) is 5.23. The molecule has 0 bridgehead atoms. The van der Waals surface area contributed by atoms with E-state index in [0.717, 1.165) is 23.4 Å². The van der Waals surface area contributed by atoms with Gasteiger partial charge in [-0.2, -0.15) is 0 Å². The van der Waals surface area contributed by atoms with Crippen molar-refractivity contribution < 1.29 is 9.53 Å². The van der Waals surface area contributed by atoms with Crippen LogP contribution in [0.25, 0.3) is 0 Å². The number of nitrogens with one attached hydrogen (secondary N) is 2. The summed E-state index contributed by atoms with van der Waals surface area (Å²) in [6, 6.07) is 15.3. The predicted octanol–water partition coefficient (Wildman–Crippen LogP) is 5.58. The molecular weight excluding hydrogens is 372 g/mol. The molecule has 0 spiro atoms. The molecule has 2 N–H and O–H groups in total. The molecule has 3 aromatic rings. The van der Waals surface area contributed by atoms with Crippen LogP contribution in [0, 0.1) is 6.92 Å². The highest BCUT2D eigenvalue weighted by Crippen LogP contribution is 2.23. The molecule has 28 heavy (non-hydrogen) atoms. The zero-order valence-corrected chi connectivity index (χ0v) is 17.0. The first-order valence-corrected chi connectivity index (χ1v) is 10.0. The van der Waals surface area contributed by atoms with Crippen LogP contribution in [0.3, 0.4) is 0 Å². The number of aromatic nitrogens is 2. The average molecular weight is 397 g/mol. The van der Waals surface area contributed by atoms with Crippen molar-refractivity contribution in [2.24, 2.45) is 0 Å². The monoisotopic (exact) mass is 396 g/mol. The van der Waals surface area contributed by atoms with E-state index in [0.29, 0.717) is 22.7 Å². The molecule has 0 fully saturated rings. The average Bonchev–Trinajstić information content (AvgIpc) is 3.15. The third kappa shape index (κ3) is 5.53. The van der Waals surface area contributed by atoms with Crippen LogP contribution in [0.5, 0.6) is 5.75 Å². The Morgan fingerprint density at radius 3 is 2.46 bits per heavy atom. The zero-order valence-electron chi connectivity index (χ0n) is 16.2. The number of rotatable bonds is 7. The summed E-state index contributed by atoms with van der Waals surface area (Å²) in [5, 5.41) is 14.6. The molecule has 1 atom stereocenters. The summed E-state index contributed by atoms with van der Waals surface area (Å²) in [7, 11) is 0. The van der Waals surface area contributed by atoms with Gasteiger partial charge in [-0.25, -0.2) is 4.79 Å². The molecule has 7 heteroatoms. The minimum Gasteiger partial charge on any atom is -0.486 e. The Balaban J connectivity index is 1.49. The van der Waals surface area contributed by atoms with Crippen LogP contribution in [0.2, 0.25) is 0 Å². The molecule has 3 rings (SSSR count). The van der Waals surface area contributed by atoms with Crippen molar-refractivity contribution in [3.05, 3.63) is 64.7 Å². The fraction of sp³-hybridized carbons (Fsp3) is 0.286. The lowest BCUT2D eigenvalue weighted by atomic mass is 9.99. The Kier molecular flexibility index (Phi) is 6.60. The quantitative estimate of drug-likeness (QED) is 0.546. The molecule has 0 aliphatic carbocycles. The second kappa shape index (κ2) is 9.32. The number of carbonyl (C=O) groups excluding carboxylic acids is 1. The van der Waals surface area contributed by atoms with Gasteiger partial charge in [0.25, 0.3) is 0 Å². The maximum Gasteiger partial charge on any atom is 0.325 e. The SMILES string of the molecule is CC[C@@H](C)c1ccc(OCc2nnc(NC(=O)Nc3ccc(C)cc3)s2)cc1. The van der Waals surface area contributed by atoms with Crippen LogP contribution in [0.4, 0.5) is 15.6 Å². The number of anilines is 2. The van der Waals surface area contributed by atoms with Gasteiger partial charge in [-0.3, -0.25) is 5.32 Å². The van der Waals surface area contributed by atoms with Crippen LogP contribution in [-0.2, 0) is 6.61 Å². The van der Waals surface area contributed by atoms with E-state index in [-0.39, 0.29) is 6.03 Å². The lowest BCUT2D eigenvalue weighted by Gasteiger charge is -2.10. The molecule has 1 aromatic heterocycles. The Labute approximate surface area is 169 Å². The van der Waals surface area contributed by atoms with Crippen molar-refractivity contribution >= 4 is 28.2 Å². The minimum absolute atomic E-state index is 0.307. The molecule has 6 nitrogen and oxygen atoms in total. The number of urea groups is 1. The van der Waals surface area contributed by atoms with Gasteiger partial charge in [0.05, 0.1) is 0 Å². The Morgan fingerprint density at radius 1 is 1.07 bits per heavy atom. The van der Waals surface area contributed by atoms with E-state index in [1.165, 1.54) is 16.9 Å². The minimum atomic E-state index is -0.354. The van der Waals surface area contributed by atoms with E-state index < -0.39 is 0 Å². The summed E-state index contributed by atoms with van der Waals surface area (Å²) < 4.78 is 5.77. The molecule has 0 saturated heterocycles. The number of ether oxygens (including phenoxy) is 1. The topological polar surface area (TPSA) is 76.1 Å². The van der Waals surface area contributed by atoms with E-state index in [9.17, 15) is 4.79 Å². The largest absolute Gasteiger partial charge is 0.486 e. The summed E-state index contributed by atoms with van der Waals surface area (Å²) in [5.41, 5.74) is 3.16. The number of benzene rings is 2. The highest BCUT2D eigenvalue weighted by atomic mass is 32.1. The molecule has 146 valence electrons. The maximum absolute atomic E-state index is 12.1. The van der Waals surface area contributed by atoms with E-state index >= 15 is 0 Å². The lowest BCUT2D eigenvalue weighted by molar-refractivity contribution is 0.262. The number of hydrogen-bond donors (Lipinski definition) is 2. The van der Waals surface area contributed by atoms with Gasteiger partial charge in [0, 0.05) is 5.69 Å². The lowest BCUT2D eigenvalue weighted by Crippen LogP contribution is -2.19. The third-order valence-electron chi connectivity index (χ3n) is 4.42. The molecule has 0 aliphatic rings. The van der Waals surface area contributed by atoms with Gasteiger partial charge in [-0.15, -0.1) is 10.2 Å². The fourth-order valence-corrected chi connectivity index (χ4v) is 3.18. The first-order chi connectivity index (χ1) is 13.5. The predicted molar refractivity (Wildman–Crippen MR) is 113 cm³/mol. The van der Waals surface area contributed by atoms with Gasteiger partial charge in [-0.1, -0.05) is 55.0 Å². The van der Waals surface area contributed by atoms with Gasteiger partial charge in [0.15, 0.2) is 5.01 Å². The smallest absolute Gasteiger partial charge is 0.325 e. The number of amides is 2. The van der Waals surface area contributed by atoms with Crippen LogP contribution in [0.1, 0.15) is 42.3 Å². The summed E-state index contributed by atoms with van der Waals surface area (Å²) in [6.45, 7) is 6.69. The summed E-state index contributed by atoms with van der Waals surface area (Å²) in [5.74, 6) is 1.32. The van der Waals surface area contributed by atoms with Crippen molar-refractivity contribution in [2.45, 2.75) is 39.7 Å². The van der Waals surface area contributed by atoms with Gasteiger partial charge in [0.1, 0.15) is 12.4 Å². The van der Waals surface area contributed by atoms with Crippen LogP contribution < -0.4 is 15.4 Å². The van der Waals surface area contributed by atoms with Gasteiger partial charge in [-0.05, 0) is 49.1 Å². The maximum atomic E-state index is 12.1. The molecule has 1 heterocycles. The van der Waals surface area contributed by atoms with Gasteiger partial charge >= 0.3 is 6.03 Å². The molecule has 0 saturated carbocycles. The second-order valence-electron chi connectivity index (χ2n) is 6.61. The van der Waals surface area contributed by atoms with E-state index in [1.807, 2.05) is 43.3 Å². The van der Waals surface area contributed by atoms with Crippen molar-refractivity contribution in [2.75, 3.05) is 10.6 Å². The molecule has 0 aliphatic heterocycles. The first-order valence-electron chi connectivity index (χ1n) is 9.23. The molecule has 2 amide bonds. The van der Waals surface area contributed by atoms with Gasteiger partial charge < -0.3 is 10.1 Å². The van der Waals surface area contributed by atoms with Crippen LogP contribution >= 0.6 is 11.3 Å². The van der Waals surface area contributed by atoms with Crippen LogP contribution in [0.15, 0.2) is 48.5 Å². The number of hydrogen-bond acceptors (Lipinski definition) is 5. The van der Waals surface area contributed by atoms with E-state index in [2.05, 4.69) is 46.8 Å². The highest BCUT2D eigenvalue weighted by Gasteiger charge is 2.09. The molecule has 2 aromatic carbocycles. The highest BCUT2D eigenvalue weighted by molar-refractivity contribution is 7.15. The van der Waals surface area contributed by atoms with Crippen molar-refractivity contribution in [3.63, 3.8) is 0 Å². The summed E-state index contributed by atoms with van der Waals surface area (Å²) >= 11 is 1.29.